The number of aromatic nitrogens is 4. The number of hydrogen-bond acceptors (Lipinski definition) is 7. The molecule has 0 unspecified atom stereocenters. The summed E-state index contributed by atoms with van der Waals surface area (Å²) in [6.07, 6.45) is 0.115. The lowest BCUT2D eigenvalue weighted by atomic mass is 10.1. The van der Waals surface area contributed by atoms with Gasteiger partial charge in [-0.3, -0.25) is 18.9 Å². The Kier molecular flexibility index (Phi) is 6.99. The van der Waals surface area contributed by atoms with Crippen molar-refractivity contribution in [3.05, 3.63) is 68.7 Å². The second-order valence-electron chi connectivity index (χ2n) is 9.12. The first-order chi connectivity index (χ1) is 17.4. The van der Waals surface area contributed by atoms with Gasteiger partial charge in [0.1, 0.15) is 5.69 Å². The molecule has 9 nitrogen and oxygen atoms in total. The van der Waals surface area contributed by atoms with E-state index < -0.39 is 0 Å². The number of carbonyl (C=O) groups is 1. The van der Waals surface area contributed by atoms with Crippen LogP contribution < -0.4 is 10.9 Å². The second-order valence-corrected chi connectivity index (χ2v) is 9.96. The van der Waals surface area contributed by atoms with Gasteiger partial charge in [0.05, 0.1) is 36.6 Å². The molecule has 1 aliphatic rings. The SMILES string of the molecule is Cc1ccc(-n2nc(-c3c(C)nc4scc(CC(=O)NCCN5CCOCC5)n4c3=O)cc2C)cc1. The highest BCUT2D eigenvalue weighted by Crippen LogP contribution is 2.23. The Balaban J connectivity index is 1.39. The van der Waals surface area contributed by atoms with Crippen LogP contribution in [0.4, 0.5) is 0 Å². The Labute approximate surface area is 213 Å². The van der Waals surface area contributed by atoms with Crippen LogP contribution in [0.5, 0.6) is 0 Å². The number of carbonyl (C=O) groups excluding carboxylic acids is 1. The van der Waals surface area contributed by atoms with E-state index in [0.29, 0.717) is 34.2 Å². The fourth-order valence-electron chi connectivity index (χ4n) is 4.47. The molecular weight excluding hydrogens is 476 g/mol. The number of fused-ring (bicyclic) bond motifs is 1. The average molecular weight is 507 g/mol. The minimum Gasteiger partial charge on any atom is -0.379 e. The maximum atomic E-state index is 13.7. The molecule has 1 saturated heterocycles. The van der Waals surface area contributed by atoms with Crippen molar-refractivity contribution in [3.8, 4) is 16.9 Å². The molecule has 1 fully saturated rings. The van der Waals surface area contributed by atoms with Crippen molar-refractivity contribution in [2.24, 2.45) is 0 Å². The van der Waals surface area contributed by atoms with Crippen LogP contribution in [-0.2, 0) is 16.0 Å². The molecule has 1 amide bonds. The number of rotatable bonds is 7. The predicted octanol–water partition coefficient (Wildman–Crippen LogP) is 2.52. The molecule has 0 spiro atoms. The third-order valence-corrected chi connectivity index (χ3v) is 7.31. The summed E-state index contributed by atoms with van der Waals surface area (Å²) < 4.78 is 8.74. The molecule has 3 aromatic heterocycles. The van der Waals surface area contributed by atoms with Crippen LogP contribution in [0.3, 0.4) is 0 Å². The predicted molar refractivity (Wildman–Crippen MR) is 140 cm³/mol. The molecule has 1 aliphatic heterocycles. The molecule has 0 aliphatic carbocycles. The number of hydrogen-bond donors (Lipinski definition) is 1. The van der Waals surface area contributed by atoms with E-state index in [9.17, 15) is 9.59 Å². The van der Waals surface area contributed by atoms with Crippen LogP contribution in [0.1, 0.15) is 22.6 Å². The highest BCUT2D eigenvalue weighted by molar-refractivity contribution is 7.15. The molecule has 0 bridgehead atoms. The third-order valence-electron chi connectivity index (χ3n) is 6.44. The van der Waals surface area contributed by atoms with Crippen LogP contribution in [0.25, 0.3) is 21.9 Å². The van der Waals surface area contributed by atoms with Crippen molar-refractivity contribution < 1.29 is 9.53 Å². The van der Waals surface area contributed by atoms with E-state index in [2.05, 4.69) is 15.2 Å². The normalized spacial score (nSPS) is 14.4. The molecule has 4 heterocycles. The molecule has 188 valence electrons. The monoisotopic (exact) mass is 506 g/mol. The van der Waals surface area contributed by atoms with E-state index in [1.54, 1.807) is 4.40 Å². The summed E-state index contributed by atoms with van der Waals surface area (Å²) >= 11 is 1.37. The van der Waals surface area contributed by atoms with Gasteiger partial charge in [-0.05, 0) is 39.0 Å². The number of benzene rings is 1. The van der Waals surface area contributed by atoms with Crippen LogP contribution in [0.15, 0.2) is 40.5 Å². The first kappa shape index (κ1) is 24.4. The lowest BCUT2D eigenvalue weighted by Gasteiger charge is -2.26. The summed E-state index contributed by atoms with van der Waals surface area (Å²) in [4.78, 5) is 33.8. The molecule has 0 atom stereocenters. The zero-order valence-corrected chi connectivity index (χ0v) is 21.6. The van der Waals surface area contributed by atoms with Crippen molar-refractivity contribution in [1.82, 2.24) is 29.4 Å². The van der Waals surface area contributed by atoms with Crippen LogP contribution >= 0.6 is 11.3 Å². The lowest BCUT2D eigenvalue weighted by molar-refractivity contribution is -0.120. The highest BCUT2D eigenvalue weighted by Gasteiger charge is 2.20. The van der Waals surface area contributed by atoms with Gasteiger partial charge >= 0.3 is 0 Å². The summed E-state index contributed by atoms with van der Waals surface area (Å²) in [7, 11) is 0. The van der Waals surface area contributed by atoms with E-state index in [4.69, 9.17) is 9.84 Å². The van der Waals surface area contributed by atoms with E-state index in [1.165, 1.54) is 16.9 Å². The number of nitrogens with zero attached hydrogens (tertiary/aromatic N) is 5. The molecule has 0 radical (unpaired) electrons. The van der Waals surface area contributed by atoms with Crippen LogP contribution in [0.2, 0.25) is 0 Å². The zero-order valence-electron chi connectivity index (χ0n) is 20.8. The number of aryl methyl sites for hydroxylation is 3. The summed E-state index contributed by atoms with van der Waals surface area (Å²) in [6, 6.07) is 9.99. The number of ether oxygens (including phenoxy) is 1. The minimum absolute atomic E-state index is 0.114. The molecular formula is C26H30N6O3S. The van der Waals surface area contributed by atoms with Gasteiger partial charge in [0, 0.05) is 42.9 Å². The molecule has 1 N–H and O–H groups in total. The average Bonchev–Trinajstić information content (AvgIpc) is 3.43. The van der Waals surface area contributed by atoms with Gasteiger partial charge in [-0.2, -0.15) is 5.10 Å². The summed E-state index contributed by atoms with van der Waals surface area (Å²) in [5.41, 5.74) is 5.10. The van der Waals surface area contributed by atoms with E-state index in [0.717, 1.165) is 44.2 Å². The van der Waals surface area contributed by atoms with Gasteiger partial charge in [-0.1, -0.05) is 17.7 Å². The second kappa shape index (κ2) is 10.3. The van der Waals surface area contributed by atoms with E-state index in [-0.39, 0.29) is 17.9 Å². The fourth-order valence-corrected chi connectivity index (χ4v) is 5.40. The smallest absolute Gasteiger partial charge is 0.268 e. The van der Waals surface area contributed by atoms with Gasteiger partial charge in [-0.15, -0.1) is 11.3 Å². The zero-order chi connectivity index (χ0) is 25.2. The van der Waals surface area contributed by atoms with E-state index >= 15 is 0 Å². The van der Waals surface area contributed by atoms with Crippen molar-refractivity contribution in [2.45, 2.75) is 27.2 Å². The Morgan fingerprint density at radius 2 is 1.89 bits per heavy atom. The molecule has 4 aromatic rings. The van der Waals surface area contributed by atoms with Gasteiger partial charge in [0.25, 0.3) is 5.56 Å². The molecule has 5 rings (SSSR count). The quantitative estimate of drug-likeness (QED) is 0.414. The minimum atomic E-state index is -0.205. The number of amides is 1. The number of morpholine rings is 1. The lowest BCUT2D eigenvalue weighted by Crippen LogP contribution is -2.41. The first-order valence-corrected chi connectivity index (χ1v) is 13.0. The molecule has 10 heteroatoms. The van der Waals surface area contributed by atoms with Crippen molar-refractivity contribution >= 4 is 22.2 Å². The van der Waals surface area contributed by atoms with Crippen LogP contribution in [0, 0.1) is 20.8 Å². The third kappa shape index (κ3) is 4.97. The maximum absolute atomic E-state index is 13.7. The summed E-state index contributed by atoms with van der Waals surface area (Å²) in [6.45, 7) is 10.4. The Morgan fingerprint density at radius 3 is 2.64 bits per heavy atom. The van der Waals surface area contributed by atoms with Crippen molar-refractivity contribution in [3.63, 3.8) is 0 Å². The fraction of sp³-hybridized carbons (Fsp3) is 0.385. The van der Waals surface area contributed by atoms with Crippen molar-refractivity contribution in [1.29, 1.82) is 0 Å². The van der Waals surface area contributed by atoms with Gasteiger partial charge in [0.2, 0.25) is 5.91 Å². The van der Waals surface area contributed by atoms with Crippen molar-refractivity contribution in [2.75, 3.05) is 39.4 Å². The van der Waals surface area contributed by atoms with Crippen LogP contribution in [-0.4, -0.2) is 69.4 Å². The summed E-state index contributed by atoms with van der Waals surface area (Å²) in [5.74, 6) is -0.114. The Bertz CT molecular complexity index is 1450. The molecule has 36 heavy (non-hydrogen) atoms. The topological polar surface area (TPSA) is 93.8 Å². The van der Waals surface area contributed by atoms with Gasteiger partial charge < -0.3 is 10.1 Å². The number of nitrogens with one attached hydrogen (secondary N) is 1. The standard InChI is InChI=1S/C26H30N6O3S/c1-17-4-6-20(7-5-17)32-18(2)14-22(29-32)24-19(3)28-26-31(25(24)34)21(16-36-26)15-23(33)27-8-9-30-10-12-35-13-11-30/h4-7,14,16H,8-13,15H2,1-3H3,(H,27,33). The highest BCUT2D eigenvalue weighted by atomic mass is 32.1. The van der Waals surface area contributed by atoms with E-state index in [1.807, 2.05) is 61.2 Å². The molecule has 1 aromatic carbocycles. The number of thiazole rings is 1. The van der Waals surface area contributed by atoms with Gasteiger partial charge in [0.15, 0.2) is 4.96 Å². The largest absolute Gasteiger partial charge is 0.379 e. The maximum Gasteiger partial charge on any atom is 0.268 e. The summed E-state index contributed by atoms with van der Waals surface area (Å²) in [5, 5.41) is 9.55. The van der Waals surface area contributed by atoms with Gasteiger partial charge in [-0.25, -0.2) is 9.67 Å². The Morgan fingerprint density at radius 1 is 1.14 bits per heavy atom. The first-order valence-electron chi connectivity index (χ1n) is 12.1. The molecule has 0 saturated carbocycles. The Hall–Kier alpha value is -3.34.